The van der Waals surface area contributed by atoms with E-state index in [1.165, 1.54) is 6.20 Å². The minimum atomic E-state index is -0.948. The van der Waals surface area contributed by atoms with Gasteiger partial charge in [0.1, 0.15) is 0 Å². The fourth-order valence-corrected chi connectivity index (χ4v) is 1.86. The van der Waals surface area contributed by atoms with Gasteiger partial charge in [0.2, 0.25) is 0 Å². The van der Waals surface area contributed by atoms with Crippen molar-refractivity contribution in [3.05, 3.63) is 58.4 Å². The highest BCUT2D eigenvalue weighted by molar-refractivity contribution is 6.31. The molecule has 1 aromatic carbocycles. The number of hydrogen-bond acceptors (Lipinski definition) is 3. The van der Waals surface area contributed by atoms with Gasteiger partial charge in [0.15, 0.2) is 0 Å². The van der Waals surface area contributed by atoms with Crippen LogP contribution in [0.5, 0.6) is 0 Å². The first kappa shape index (κ1) is 15.0. The van der Waals surface area contributed by atoms with Crippen molar-refractivity contribution in [2.24, 2.45) is 0 Å². The summed E-state index contributed by atoms with van der Waals surface area (Å²) in [5.74, 6) is -1.22. The normalized spacial score (nSPS) is 10.2. The molecule has 0 aliphatic rings. The molecule has 5 nitrogen and oxygen atoms in total. The molecule has 0 bridgehead atoms. The van der Waals surface area contributed by atoms with Crippen molar-refractivity contribution in [3.63, 3.8) is 0 Å². The van der Waals surface area contributed by atoms with Crippen LogP contribution in [0.1, 0.15) is 21.6 Å². The number of rotatable bonds is 4. The Balaban J connectivity index is 2.08. The van der Waals surface area contributed by atoms with Crippen LogP contribution in [-0.2, 0) is 11.2 Å². The highest BCUT2D eigenvalue weighted by Gasteiger charge is 2.08. The molecule has 0 fully saturated rings. The van der Waals surface area contributed by atoms with Gasteiger partial charge in [-0.25, -0.2) is 0 Å². The van der Waals surface area contributed by atoms with E-state index in [1.54, 1.807) is 30.3 Å². The number of aliphatic carboxylic acids is 1. The Morgan fingerprint density at radius 2 is 2.05 bits per heavy atom. The number of aromatic nitrogens is 1. The minimum Gasteiger partial charge on any atom is -0.481 e. The van der Waals surface area contributed by atoms with Crippen molar-refractivity contribution in [2.45, 2.75) is 13.3 Å². The Morgan fingerprint density at radius 1 is 1.29 bits per heavy atom. The number of halogens is 1. The lowest BCUT2D eigenvalue weighted by molar-refractivity contribution is -0.136. The van der Waals surface area contributed by atoms with Crippen LogP contribution in [0.2, 0.25) is 5.02 Å². The number of aryl methyl sites for hydroxylation is 1. The van der Waals surface area contributed by atoms with Crippen LogP contribution >= 0.6 is 11.6 Å². The topological polar surface area (TPSA) is 79.3 Å². The molecule has 0 radical (unpaired) electrons. The summed E-state index contributed by atoms with van der Waals surface area (Å²) >= 11 is 5.91. The van der Waals surface area contributed by atoms with Crippen LogP contribution in [0.3, 0.4) is 0 Å². The van der Waals surface area contributed by atoms with E-state index in [0.29, 0.717) is 22.0 Å². The van der Waals surface area contributed by atoms with E-state index < -0.39 is 5.97 Å². The average molecular weight is 305 g/mol. The predicted molar refractivity (Wildman–Crippen MR) is 79.7 cm³/mol. The Labute approximate surface area is 126 Å². The van der Waals surface area contributed by atoms with Crippen molar-refractivity contribution in [1.82, 2.24) is 4.98 Å². The molecule has 108 valence electrons. The number of carboxylic acid groups (broad SMARTS) is 1. The van der Waals surface area contributed by atoms with Crippen LogP contribution in [0.25, 0.3) is 0 Å². The van der Waals surface area contributed by atoms with Crippen molar-refractivity contribution < 1.29 is 14.7 Å². The molecule has 0 saturated carbocycles. The first-order valence-corrected chi connectivity index (χ1v) is 6.58. The van der Waals surface area contributed by atoms with Gasteiger partial charge < -0.3 is 10.4 Å². The number of nitrogens with zero attached hydrogens (tertiary/aromatic N) is 1. The molecule has 1 amide bonds. The van der Waals surface area contributed by atoms with Gasteiger partial charge in [0.25, 0.3) is 5.91 Å². The molecule has 21 heavy (non-hydrogen) atoms. The summed E-state index contributed by atoms with van der Waals surface area (Å²) < 4.78 is 0. The van der Waals surface area contributed by atoms with Gasteiger partial charge in [-0.1, -0.05) is 11.6 Å². The third-order valence-corrected chi connectivity index (χ3v) is 3.26. The Hall–Kier alpha value is -2.40. The first-order chi connectivity index (χ1) is 9.95. The standard InChI is InChI=1S/C15H13ClN2O3/c1-9-6-10(2-5-13(9)16)15(21)18-12-4-3-11(17-8-12)7-14(19)20/h2-6,8H,7H2,1H3,(H,18,21)(H,19,20). The molecule has 1 heterocycles. The molecule has 6 heteroatoms. The molecule has 0 unspecified atom stereocenters. The molecule has 0 atom stereocenters. The van der Waals surface area contributed by atoms with Gasteiger partial charge in [-0.2, -0.15) is 0 Å². The summed E-state index contributed by atoms with van der Waals surface area (Å²) in [6.45, 7) is 1.82. The minimum absolute atomic E-state index is 0.148. The molecule has 2 aromatic rings. The molecular formula is C15H13ClN2O3. The number of carboxylic acids is 1. The Morgan fingerprint density at radius 3 is 2.62 bits per heavy atom. The molecule has 0 aliphatic heterocycles. The number of hydrogen-bond donors (Lipinski definition) is 2. The van der Waals surface area contributed by atoms with Crippen LogP contribution in [0.15, 0.2) is 36.5 Å². The fourth-order valence-electron chi connectivity index (χ4n) is 1.75. The number of amides is 1. The predicted octanol–water partition coefficient (Wildman–Crippen LogP) is 2.92. The lowest BCUT2D eigenvalue weighted by Crippen LogP contribution is -2.12. The quantitative estimate of drug-likeness (QED) is 0.910. The van der Waals surface area contributed by atoms with Crippen molar-refractivity contribution in [3.8, 4) is 0 Å². The second-order valence-corrected chi connectivity index (χ2v) is 4.93. The van der Waals surface area contributed by atoms with Crippen LogP contribution < -0.4 is 5.32 Å². The summed E-state index contributed by atoms with van der Waals surface area (Å²) in [6.07, 6.45) is 1.28. The maximum absolute atomic E-state index is 12.1. The summed E-state index contributed by atoms with van der Waals surface area (Å²) in [4.78, 5) is 26.6. The average Bonchev–Trinajstić information content (AvgIpc) is 2.43. The first-order valence-electron chi connectivity index (χ1n) is 6.20. The van der Waals surface area contributed by atoms with Gasteiger partial charge in [-0.05, 0) is 42.8 Å². The number of benzene rings is 1. The highest BCUT2D eigenvalue weighted by Crippen LogP contribution is 2.17. The molecule has 2 N–H and O–H groups in total. The summed E-state index contributed by atoms with van der Waals surface area (Å²) in [5, 5.41) is 12.0. The molecule has 2 rings (SSSR count). The Bertz CT molecular complexity index is 684. The van der Waals surface area contributed by atoms with Crippen LogP contribution in [-0.4, -0.2) is 22.0 Å². The van der Waals surface area contributed by atoms with Crippen molar-refractivity contribution in [2.75, 3.05) is 5.32 Å². The van der Waals surface area contributed by atoms with E-state index in [9.17, 15) is 9.59 Å². The van der Waals surface area contributed by atoms with Crippen LogP contribution in [0.4, 0.5) is 5.69 Å². The van der Waals surface area contributed by atoms with E-state index in [1.807, 2.05) is 6.92 Å². The maximum atomic E-state index is 12.1. The van der Waals surface area contributed by atoms with E-state index in [0.717, 1.165) is 5.56 Å². The molecular weight excluding hydrogens is 292 g/mol. The number of nitrogens with one attached hydrogen (secondary N) is 1. The largest absolute Gasteiger partial charge is 0.481 e. The van der Waals surface area contributed by atoms with Gasteiger partial charge >= 0.3 is 5.97 Å². The second-order valence-electron chi connectivity index (χ2n) is 4.53. The van der Waals surface area contributed by atoms with Crippen LogP contribution in [0, 0.1) is 6.92 Å². The lowest BCUT2D eigenvalue weighted by atomic mass is 10.1. The molecule has 0 spiro atoms. The highest BCUT2D eigenvalue weighted by atomic mass is 35.5. The van der Waals surface area contributed by atoms with Gasteiger partial charge in [-0.3, -0.25) is 14.6 Å². The van der Waals surface area contributed by atoms with Crippen molar-refractivity contribution in [1.29, 1.82) is 0 Å². The monoisotopic (exact) mass is 304 g/mol. The fraction of sp³-hybridized carbons (Fsp3) is 0.133. The zero-order valence-electron chi connectivity index (χ0n) is 11.3. The number of anilines is 1. The van der Waals surface area contributed by atoms with Gasteiger partial charge in [0, 0.05) is 10.6 Å². The lowest BCUT2D eigenvalue weighted by Gasteiger charge is -2.07. The van der Waals surface area contributed by atoms with Crippen molar-refractivity contribution >= 4 is 29.2 Å². The zero-order chi connectivity index (χ0) is 15.4. The van der Waals surface area contributed by atoms with E-state index >= 15 is 0 Å². The van der Waals surface area contributed by atoms with Gasteiger partial charge in [-0.15, -0.1) is 0 Å². The van der Waals surface area contributed by atoms with Gasteiger partial charge in [0.05, 0.1) is 24.0 Å². The van der Waals surface area contributed by atoms with E-state index in [4.69, 9.17) is 16.7 Å². The Kier molecular flexibility index (Phi) is 4.55. The van der Waals surface area contributed by atoms with E-state index in [2.05, 4.69) is 10.3 Å². The molecule has 0 saturated heterocycles. The summed E-state index contributed by atoms with van der Waals surface area (Å²) in [7, 11) is 0. The maximum Gasteiger partial charge on any atom is 0.309 e. The smallest absolute Gasteiger partial charge is 0.309 e. The third-order valence-electron chi connectivity index (χ3n) is 2.84. The third kappa shape index (κ3) is 4.03. The molecule has 0 aliphatic carbocycles. The zero-order valence-corrected chi connectivity index (χ0v) is 12.0. The SMILES string of the molecule is Cc1cc(C(=O)Nc2ccc(CC(=O)O)nc2)ccc1Cl. The number of carbonyl (C=O) groups excluding carboxylic acids is 1. The number of pyridine rings is 1. The summed E-state index contributed by atoms with van der Waals surface area (Å²) in [5.41, 5.74) is 2.25. The number of carbonyl (C=O) groups is 2. The summed E-state index contributed by atoms with van der Waals surface area (Å²) in [6, 6.07) is 8.18. The van der Waals surface area contributed by atoms with E-state index in [-0.39, 0.29) is 12.3 Å². The molecule has 1 aromatic heterocycles. The second kappa shape index (κ2) is 6.37.